The minimum absolute atomic E-state index is 0.265. The molecule has 0 radical (unpaired) electrons. The monoisotopic (exact) mass is 300 g/mol. The van der Waals surface area contributed by atoms with Crippen LogP contribution in [-0.2, 0) is 14.3 Å². The molecule has 0 fully saturated rings. The lowest BCUT2D eigenvalue weighted by molar-refractivity contribution is -0.109. The van der Waals surface area contributed by atoms with E-state index < -0.39 is 0 Å². The van der Waals surface area contributed by atoms with E-state index in [1.54, 1.807) is 12.1 Å². The second kappa shape index (κ2) is 11.5. The standard InChI is InChI=1S/C13H20N2O4S/c16-11-14-5-7-18-9-10-19-8-6-15-20-13-3-1-12(17)2-4-13/h1-4,11,15,17H,5-10H2,(H,14,16). The molecule has 1 rings (SSSR count). The van der Waals surface area contributed by atoms with Gasteiger partial charge in [0.1, 0.15) is 5.75 Å². The van der Waals surface area contributed by atoms with Crippen LogP contribution in [0.4, 0.5) is 0 Å². The molecule has 0 aliphatic carbocycles. The molecule has 1 amide bonds. The summed E-state index contributed by atoms with van der Waals surface area (Å²) in [4.78, 5) is 11.0. The minimum atomic E-state index is 0.265. The molecule has 0 saturated carbocycles. The summed E-state index contributed by atoms with van der Waals surface area (Å²) in [6.45, 7) is 3.39. The molecule has 112 valence electrons. The Labute approximate surface area is 123 Å². The van der Waals surface area contributed by atoms with E-state index in [0.717, 1.165) is 11.4 Å². The predicted octanol–water partition coefficient (Wildman–Crippen LogP) is 0.768. The van der Waals surface area contributed by atoms with Crippen LogP contribution in [-0.4, -0.2) is 51.0 Å². The number of carbonyl (C=O) groups excluding carboxylic acids is 1. The fourth-order valence-electron chi connectivity index (χ4n) is 1.27. The molecule has 20 heavy (non-hydrogen) atoms. The summed E-state index contributed by atoms with van der Waals surface area (Å²) in [5.74, 6) is 0.265. The van der Waals surface area contributed by atoms with Crippen LogP contribution < -0.4 is 10.0 Å². The minimum Gasteiger partial charge on any atom is -0.508 e. The van der Waals surface area contributed by atoms with Crippen molar-refractivity contribution in [1.82, 2.24) is 10.0 Å². The lowest BCUT2D eigenvalue weighted by Gasteiger charge is -2.06. The molecule has 6 nitrogen and oxygen atoms in total. The maximum Gasteiger partial charge on any atom is 0.207 e. The van der Waals surface area contributed by atoms with Gasteiger partial charge in [-0.3, -0.25) is 9.52 Å². The Balaban J connectivity index is 1.85. The highest BCUT2D eigenvalue weighted by atomic mass is 32.2. The molecule has 0 saturated heterocycles. The SMILES string of the molecule is O=CNCCOCCOCCNSc1ccc(O)cc1. The van der Waals surface area contributed by atoms with Crippen LogP contribution >= 0.6 is 11.9 Å². The highest BCUT2D eigenvalue weighted by molar-refractivity contribution is 7.97. The van der Waals surface area contributed by atoms with E-state index >= 15 is 0 Å². The number of hydrogen-bond acceptors (Lipinski definition) is 6. The number of hydrogen-bond donors (Lipinski definition) is 3. The maximum absolute atomic E-state index is 9.95. The number of amides is 1. The van der Waals surface area contributed by atoms with E-state index in [4.69, 9.17) is 14.6 Å². The van der Waals surface area contributed by atoms with Crippen LogP contribution in [0.15, 0.2) is 29.2 Å². The maximum atomic E-state index is 9.95. The van der Waals surface area contributed by atoms with Gasteiger partial charge in [-0.05, 0) is 36.2 Å². The van der Waals surface area contributed by atoms with E-state index in [1.807, 2.05) is 12.1 Å². The lowest BCUT2D eigenvalue weighted by atomic mass is 10.3. The van der Waals surface area contributed by atoms with Crippen molar-refractivity contribution in [1.29, 1.82) is 0 Å². The van der Waals surface area contributed by atoms with Crippen LogP contribution in [0.2, 0.25) is 0 Å². The van der Waals surface area contributed by atoms with Crippen molar-refractivity contribution >= 4 is 18.4 Å². The summed E-state index contributed by atoms with van der Waals surface area (Å²) in [5, 5.41) is 11.6. The van der Waals surface area contributed by atoms with E-state index in [-0.39, 0.29) is 5.75 Å². The highest BCUT2D eigenvalue weighted by Gasteiger charge is 1.94. The van der Waals surface area contributed by atoms with Gasteiger partial charge < -0.3 is 19.9 Å². The Bertz CT molecular complexity index is 362. The average molecular weight is 300 g/mol. The molecule has 0 heterocycles. The van der Waals surface area contributed by atoms with Gasteiger partial charge in [0.25, 0.3) is 0 Å². The first-order valence-electron chi connectivity index (χ1n) is 6.34. The average Bonchev–Trinajstić information content (AvgIpc) is 2.47. The normalized spacial score (nSPS) is 10.4. The van der Waals surface area contributed by atoms with Gasteiger partial charge in [0.15, 0.2) is 0 Å². The Kier molecular flexibility index (Phi) is 9.68. The van der Waals surface area contributed by atoms with Crippen LogP contribution in [0, 0.1) is 0 Å². The molecule has 0 aliphatic heterocycles. The first-order chi connectivity index (χ1) is 9.83. The Hall–Kier alpha value is -1.28. The molecular weight excluding hydrogens is 280 g/mol. The van der Waals surface area contributed by atoms with Crippen molar-refractivity contribution in [2.75, 3.05) is 39.5 Å². The molecule has 0 aromatic heterocycles. The third-order valence-electron chi connectivity index (χ3n) is 2.22. The van der Waals surface area contributed by atoms with Crippen molar-refractivity contribution in [2.24, 2.45) is 0 Å². The number of phenols is 1. The zero-order valence-corrected chi connectivity index (χ0v) is 12.0. The topological polar surface area (TPSA) is 79.8 Å². The largest absolute Gasteiger partial charge is 0.508 e. The van der Waals surface area contributed by atoms with Crippen LogP contribution in [0.5, 0.6) is 5.75 Å². The number of phenolic OH excluding ortho intramolecular Hbond substituents is 1. The summed E-state index contributed by atoms with van der Waals surface area (Å²) in [5.41, 5.74) is 0. The second-order valence-corrected chi connectivity index (χ2v) is 4.75. The quantitative estimate of drug-likeness (QED) is 0.300. The van der Waals surface area contributed by atoms with Crippen molar-refractivity contribution in [3.63, 3.8) is 0 Å². The molecule has 0 bridgehead atoms. The number of benzene rings is 1. The zero-order chi connectivity index (χ0) is 14.5. The summed E-state index contributed by atoms with van der Waals surface area (Å²) < 4.78 is 13.8. The first-order valence-corrected chi connectivity index (χ1v) is 7.16. The summed E-state index contributed by atoms with van der Waals surface area (Å²) >= 11 is 1.49. The summed E-state index contributed by atoms with van der Waals surface area (Å²) in [7, 11) is 0. The van der Waals surface area contributed by atoms with Gasteiger partial charge in [0, 0.05) is 18.0 Å². The van der Waals surface area contributed by atoms with Gasteiger partial charge in [-0.25, -0.2) is 0 Å². The molecule has 0 atom stereocenters. The summed E-state index contributed by atoms with van der Waals surface area (Å²) in [6.07, 6.45) is 0.650. The molecule has 0 aliphatic rings. The van der Waals surface area contributed by atoms with Gasteiger partial charge in [0.05, 0.1) is 26.4 Å². The second-order valence-electron chi connectivity index (χ2n) is 3.79. The number of rotatable bonds is 12. The Morgan fingerprint density at radius 1 is 1.05 bits per heavy atom. The molecule has 0 unspecified atom stereocenters. The van der Waals surface area contributed by atoms with Crippen molar-refractivity contribution < 1.29 is 19.4 Å². The van der Waals surface area contributed by atoms with Crippen LogP contribution in [0.25, 0.3) is 0 Å². The first kappa shape index (κ1) is 16.8. The predicted molar refractivity (Wildman–Crippen MR) is 77.7 cm³/mol. The molecule has 3 N–H and O–H groups in total. The molecule has 0 spiro atoms. The van der Waals surface area contributed by atoms with Gasteiger partial charge in [-0.1, -0.05) is 0 Å². The number of nitrogens with one attached hydrogen (secondary N) is 2. The van der Waals surface area contributed by atoms with E-state index in [0.29, 0.717) is 39.4 Å². The van der Waals surface area contributed by atoms with E-state index in [2.05, 4.69) is 10.0 Å². The van der Waals surface area contributed by atoms with E-state index in [1.165, 1.54) is 11.9 Å². The molecular formula is C13H20N2O4S. The van der Waals surface area contributed by atoms with Gasteiger partial charge in [-0.15, -0.1) is 0 Å². The van der Waals surface area contributed by atoms with Gasteiger partial charge in [-0.2, -0.15) is 0 Å². The highest BCUT2D eigenvalue weighted by Crippen LogP contribution is 2.17. The lowest BCUT2D eigenvalue weighted by Crippen LogP contribution is -2.19. The Morgan fingerprint density at radius 3 is 2.35 bits per heavy atom. The molecule has 1 aromatic carbocycles. The Morgan fingerprint density at radius 2 is 1.70 bits per heavy atom. The van der Waals surface area contributed by atoms with Gasteiger partial charge >= 0.3 is 0 Å². The fraction of sp³-hybridized carbons (Fsp3) is 0.462. The van der Waals surface area contributed by atoms with Gasteiger partial charge in [0.2, 0.25) is 6.41 Å². The molecule has 1 aromatic rings. The summed E-state index contributed by atoms with van der Waals surface area (Å²) in [6, 6.07) is 6.98. The van der Waals surface area contributed by atoms with Crippen LogP contribution in [0.3, 0.4) is 0 Å². The smallest absolute Gasteiger partial charge is 0.207 e. The number of ether oxygens (including phenoxy) is 2. The number of aromatic hydroxyl groups is 1. The number of carbonyl (C=O) groups is 1. The zero-order valence-electron chi connectivity index (χ0n) is 11.2. The third-order valence-corrected chi connectivity index (χ3v) is 3.08. The van der Waals surface area contributed by atoms with E-state index in [9.17, 15) is 4.79 Å². The van der Waals surface area contributed by atoms with Crippen LogP contribution in [0.1, 0.15) is 0 Å². The molecule has 7 heteroatoms. The fourth-order valence-corrected chi connectivity index (χ4v) is 1.90. The van der Waals surface area contributed by atoms with Crippen molar-refractivity contribution in [2.45, 2.75) is 4.90 Å². The van der Waals surface area contributed by atoms with Crippen molar-refractivity contribution in [3.05, 3.63) is 24.3 Å². The van der Waals surface area contributed by atoms with Crippen molar-refractivity contribution in [3.8, 4) is 5.75 Å². The third kappa shape index (κ3) is 8.76.